The summed E-state index contributed by atoms with van der Waals surface area (Å²) in [5.74, 6) is 0.909. The zero-order valence-corrected chi connectivity index (χ0v) is 16.6. The largest absolute Gasteiger partial charge is 0.296 e. The van der Waals surface area contributed by atoms with Crippen molar-refractivity contribution < 1.29 is 0 Å². The molecule has 0 radical (unpaired) electrons. The molecule has 4 heteroatoms. The van der Waals surface area contributed by atoms with Gasteiger partial charge in [-0.05, 0) is 37.3 Å². The van der Waals surface area contributed by atoms with Crippen LogP contribution in [0, 0.1) is 6.92 Å². The molecule has 0 unspecified atom stereocenters. The molecule has 0 amide bonds. The molecule has 0 spiro atoms. The Labute approximate surface area is 174 Å². The van der Waals surface area contributed by atoms with E-state index in [4.69, 9.17) is 21.6 Å². The smallest absolute Gasteiger partial charge is 0.111 e. The van der Waals surface area contributed by atoms with Crippen LogP contribution >= 0.6 is 11.6 Å². The highest BCUT2D eigenvalue weighted by atomic mass is 35.5. The molecule has 0 aliphatic rings. The second kappa shape index (κ2) is 7.19. The maximum absolute atomic E-state index is 6.18. The van der Waals surface area contributed by atoms with Crippen LogP contribution in [0.5, 0.6) is 0 Å². The molecule has 2 aromatic heterocycles. The van der Waals surface area contributed by atoms with Crippen LogP contribution in [0.4, 0.5) is 0 Å². The van der Waals surface area contributed by atoms with Crippen molar-refractivity contribution in [1.29, 1.82) is 0 Å². The predicted molar refractivity (Wildman–Crippen MR) is 119 cm³/mol. The van der Waals surface area contributed by atoms with Gasteiger partial charge in [-0.2, -0.15) is 0 Å². The van der Waals surface area contributed by atoms with E-state index in [1.807, 2.05) is 61.5 Å². The molecule has 0 fully saturated rings. The van der Waals surface area contributed by atoms with E-state index in [1.165, 1.54) is 0 Å². The van der Waals surface area contributed by atoms with E-state index >= 15 is 0 Å². The van der Waals surface area contributed by atoms with Gasteiger partial charge in [0.05, 0.1) is 28.1 Å². The summed E-state index contributed by atoms with van der Waals surface area (Å²) in [5, 5.41) is 0.687. The number of hydrogen-bond donors (Lipinski definition) is 0. The maximum Gasteiger partial charge on any atom is 0.111 e. The monoisotopic (exact) mass is 395 g/mol. The number of aromatic nitrogens is 3. The molecule has 29 heavy (non-hydrogen) atoms. The number of hydrogen-bond acceptors (Lipinski definition) is 2. The first kappa shape index (κ1) is 17.7. The molecule has 0 saturated heterocycles. The van der Waals surface area contributed by atoms with Crippen molar-refractivity contribution in [3.8, 4) is 28.2 Å². The van der Waals surface area contributed by atoms with Gasteiger partial charge in [0.1, 0.15) is 5.82 Å². The fourth-order valence-electron chi connectivity index (χ4n) is 3.66. The van der Waals surface area contributed by atoms with E-state index in [2.05, 4.69) is 41.0 Å². The molecule has 0 N–H and O–H groups in total. The SMILES string of the molecule is Cc1nc2cc(Cl)ccc2n1-c1cc(-c2ccccc2)nc(-c2ccccc2)c1. The third kappa shape index (κ3) is 3.30. The van der Waals surface area contributed by atoms with Crippen LogP contribution in [-0.2, 0) is 0 Å². The molecule has 3 aromatic carbocycles. The Morgan fingerprint density at radius 2 is 1.28 bits per heavy atom. The molecule has 0 aliphatic heterocycles. The summed E-state index contributed by atoms with van der Waals surface area (Å²) in [6.07, 6.45) is 0. The Balaban J connectivity index is 1.78. The van der Waals surface area contributed by atoms with Crippen molar-refractivity contribution in [2.45, 2.75) is 6.92 Å². The first-order chi connectivity index (χ1) is 14.2. The van der Waals surface area contributed by atoms with Crippen LogP contribution in [0.15, 0.2) is 91.0 Å². The van der Waals surface area contributed by atoms with E-state index in [1.54, 1.807) is 0 Å². The van der Waals surface area contributed by atoms with Crippen molar-refractivity contribution in [3.05, 3.63) is 102 Å². The van der Waals surface area contributed by atoms with Gasteiger partial charge in [-0.1, -0.05) is 72.3 Å². The Hall–Kier alpha value is -3.43. The highest BCUT2D eigenvalue weighted by Gasteiger charge is 2.13. The summed E-state index contributed by atoms with van der Waals surface area (Å²) >= 11 is 6.18. The highest BCUT2D eigenvalue weighted by Crippen LogP contribution is 2.30. The minimum Gasteiger partial charge on any atom is -0.296 e. The molecule has 0 atom stereocenters. The molecule has 3 nitrogen and oxygen atoms in total. The molecular weight excluding hydrogens is 378 g/mol. The average Bonchev–Trinajstić information content (AvgIpc) is 3.09. The second-order valence-electron chi connectivity index (χ2n) is 6.96. The maximum atomic E-state index is 6.18. The lowest BCUT2D eigenvalue weighted by molar-refractivity contribution is 0.997. The molecule has 2 heterocycles. The number of fused-ring (bicyclic) bond motifs is 1. The van der Waals surface area contributed by atoms with E-state index in [-0.39, 0.29) is 0 Å². The van der Waals surface area contributed by atoms with Crippen LogP contribution in [-0.4, -0.2) is 14.5 Å². The molecular formula is C25H18ClN3. The Morgan fingerprint density at radius 1 is 0.690 bits per heavy atom. The van der Waals surface area contributed by atoms with Gasteiger partial charge in [-0.3, -0.25) is 4.57 Å². The lowest BCUT2D eigenvalue weighted by Gasteiger charge is -2.12. The fraction of sp³-hybridized carbons (Fsp3) is 0.0400. The molecule has 0 bridgehead atoms. The fourth-order valence-corrected chi connectivity index (χ4v) is 3.82. The van der Waals surface area contributed by atoms with Crippen LogP contribution < -0.4 is 0 Å². The van der Waals surface area contributed by atoms with Gasteiger partial charge in [0.2, 0.25) is 0 Å². The van der Waals surface area contributed by atoms with Gasteiger partial charge in [-0.15, -0.1) is 0 Å². The number of nitrogens with zero attached hydrogens (tertiary/aromatic N) is 3. The number of pyridine rings is 1. The van der Waals surface area contributed by atoms with E-state index in [0.29, 0.717) is 5.02 Å². The summed E-state index contributed by atoms with van der Waals surface area (Å²) in [6.45, 7) is 2.01. The van der Waals surface area contributed by atoms with Gasteiger partial charge in [0.25, 0.3) is 0 Å². The van der Waals surface area contributed by atoms with Crippen molar-refractivity contribution >= 4 is 22.6 Å². The molecule has 5 rings (SSSR count). The summed E-state index contributed by atoms with van der Waals surface area (Å²) in [7, 11) is 0. The predicted octanol–water partition coefficient (Wildman–Crippen LogP) is 6.72. The van der Waals surface area contributed by atoms with Crippen molar-refractivity contribution in [2.24, 2.45) is 0 Å². The van der Waals surface area contributed by atoms with Crippen LogP contribution in [0.1, 0.15) is 5.82 Å². The molecule has 5 aromatic rings. The number of aryl methyl sites for hydroxylation is 1. The number of imidazole rings is 1. The number of rotatable bonds is 3. The van der Waals surface area contributed by atoms with Crippen LogP contribution in [0.2, 0.25) is 5.02 Å². The minimum atomic E-state index is 0.687. The zero-order chi connectivity index (χ0) is 19.8. The Kier molecular flexibility index (Phi) is 4.38. The lowest BCUT2D eigenvalue weighted by Crippen LogP contribution is -2.00. The van der Waals surface area contributed by atoms with Gasteiger partial charge in [0, 0.05) is 16.1 Å². The lowest BCUT2D eigenvalue weighted by atomic mass is 10.1. The zero-order valence-electron chi connectivity index (χ0n) is 15.9. The first-order valence-corrected chi connectivity index (χ1v) is 9.85. The molecule has 0 aliphatic carbocycles. The summed E-state index contributed by atoms with van der Waals surface area (Å²) in [5.41, 5.74) is 6.95. The van der Waals surface area contributed by atoms with Gasteiger partial charge in [0.15, 0.2) is 0 Å². The van der Waals surface area contributed by atoms with E-state index in [0.717, 1.165) is 45.1 Å². The van der Waals surface area contributed by atoms with Crippen molar-refractivity contribution in [3.63, 3.8) is 0 Å². The third-order valence-corrected chi connectivity index (χ3v) is 5.23. The van der Waals surface area contributed by atoms with Crippen LogP contribution in [0.25, 0.3) is 39.2 Å². The molecule has 140 valence electrons. The summed E-state index contributed by atoms with van der Waals surface area (Å²) < 4.78 is 2.16. The minimum absolute atomic E-state index is 0.687. The Morgan fingerprint density at radius 3 is 1.86 bits per heavy atom. The van der Waals surface area contributed by atoms with Crippen LogP contribution in [0.3, 0.4) is 0 Å². The number of halogens is 1. The second-order valence-corrected chi connectivity index (χ2v) is 7.39. The molecule has 0 saturated carbocycles. The van der Waals surface area contributed by atoms with E-state index in [9.17, 15) is 0 Å². The topological polar surface area (TPSA) is 30.7 Å². The normalized spacial score (nSPS) is 11.1. The van der Waals surface area contributed by atoms with Gasteiger partial charge < -0.3 is 0 Å². The third-order valence-electron chi connectivity index (χ3n) is 4.99. The Bertz CT molecular complexity index is 1250. The van der Waals surface area contributed by atoms with Gasteiger partial charge in [-0.25, -0.2) is 9.97 Å². The quantitative estimate of drug-likeness (QED) is 0.339. The highest BCUT2D eigenvalue weighted by molar-refractivity contribution is 6.31. The van der Waals surface area contributed by atoms with Crippen molar-refractivity contribution in [2.75, 3.05) is 0 Å². The standard InChI is InChI=1S/C25H18ClN3/c1-17-27-24-14-20(26)12-13-25(24)29(17)21-15-22(18-8-4-2-5-9-18)28-23(16-21)19-10-6-3-7-11-19/h2-16H,1H3. The van der Waals surface area contributed by atoms with Gasteiger partial charge >= 0.3 is 0 Å². The first-order valence-electron chi connectivity index (χ1n) is 9.47. The number of benzene rings is 3. The average molecular weight is 396 g/mol. The summed E-state index contributed by atoms with van der Waals surface area (Å²) in [4.78, 5) is 9.67. The van der Waals surface area contributed by atoms with Crippen molar-refractivity contribution in [1.82, 2.24) is 14.5 Å². The van der Waals surface area contributed by atoms with E-state index < -0.39 is 0 Å². The summed E-state index contributed by atoms with van der Waals surface area (Å²) in [6, 6.07) is 30.5.